The molecule has 0 aromatic rings. The fourth-order valence-electron chi connectivity index (χ4n) is 2.33. The molecule has 112 valence electrons. The minimum absolute atomic E-state index is 0.00227. The molecule has 0 aromatic heterocycles. The van der Waals surface area contributed by atoms with Crippen LogP contribution in [0, 0.1) is 5.41 Å². The minimum atomic E-state index is -0.656. The number of hydrogen-bond acceptors (Lipinski definition) is 3. The van der Waals surface area contributed by atoms with Crippen molar-refractivity contribution in [3.8, 4) is 0 Å². The predicted octanol–water partition coefficient (Wildman–Crippen LogP) is 1.93. The van der Waals surface area contributed by atoms with Crippen molar-refractivity contribution in [2.75, 3.05) is 27.2 Å². The van der Waals surface area contributed by atoms with Gasteiger partial charge >= 0.3 is 0 Å². The lowest BCUT2D eigenvalue weighted by molar-refractivity contribution is -0.128. The highest BCUT2D eigenvalue weighted by molar-refractivity contribution is 7.80. The number of amides is 1. The van der Waals surface area contributed by atoms with Crippen molar-refractivity contribution in [2.45, 2.75) is 46.0 Å². The van der Waals surface area contributed by atoms with Gasteiger partial charge in [-0.1, -0.05) is 38.9 Å². The lowest BCUT2D eigenvalue weighted by atomic mass is 9.78. The Morgan fingerprint density at radius 3 is 2.16 bits per heavy atom. The summed E-state index contributed by atoms with van der Waals surface area (Å²) >= 11 is 5.17. The maximum atomic E-state index is 12.4. The Balaban J connectivity index is 4.57. The Hall–Kier alpha value is -0.680. The van der Waals surface area contributed by atoms with Gasteiger partial charge in [0.25, 0.3) is 0 Å². The fraction of sp³-hybridized carbons (Fsp3) is 0.857. The predicted molar refractivity (Wildman–Crippen MR) is 85.2 cm³/mol. The molecule has 0 rings (SSSR count). The SMILES string of the molecule is CCCC(CCC)(C(=O)NCCCN(C)C)C(N)=S. The summed E-state index contributed by atoms with van der Waals surface area (Å²) in [5.41, 5.74) is 5.20. The van der Waals surface area contributed by atoms with E-state index in [-0.39, 0.29) is 5.91 Å². The van der Waals surface area contributed by atoms with E-state index < -0.39 is 5.41 Å². The molecule has 3 N–H and O–H groups in total. The summed E-state index contributed by atoms with van der Waals surface area (Å²) in [6, 6.07) is 0. The van der Waals surface area contributed by atoms with E-state index in [1.807, 2.05) is 14.1 Å². The zero-order chi connectivity index (χ0) is 14.9. The molecule has 5 heteroatoms. The molecular formula is C14H29N3OS. The van der Waals surface area contributed by atoms with Gasteiger partial charge in [0.2, 0.25) is 5.91 Å². The van der Waals surface area contributed by atoms with Crippen molar-refractivity contribution in [1.29, 1.82) is 0 Å². The number of carbonyl (C=O) groups is 1. The molecule has 0 radical (unpaired) electrons. The Morgan fingerprint density at radius 2 is 1.79 bits per heavy atom. The standard InChI is InChI=1S/C14H29N3OS/c1-5-8-14(9-6-2,12(15)19)13(18)16-10-7-11-17(3)4/h5-11H2,1-4H3,(H2,15,19)(H,16,18). The zero-order valence-electron chi connectivity index (χ0n) is 12.8. The number of thiocarbonyl (C=S) groups is 1. The van der Waals surface area contributed by atoms with Crippen molar-refractivity contribution < 1.29 is 4.79 Å². The van der Waals surface area contributed by atoms with Crippen LogP contribution < -0.4 is 11.1 Å². The van der Waals surface area contributed by atoms with Gasteiger partial charge in [0.1, 0.15) is 0 Å². The number of hydrogen-bond donors (Lipinski definition) is 2. The average molecular weight is 287 g/mol. The highest BCUT2D eigenvalue weighted by Crippen LogP contribution is 2.30. The molecule has 0 saturated heterocycles. The van der Waals surface area contributed by atoms with Crippen LogP contribution in [0.25, 0.3) is 0 Å². The number of carbonyl (C=O) groups excluding carboxylic acids is 1. The van der Waals surface area contributed by atoms with E-state index in [2.05, 4.69) is 24.1 Å². The highest BCUT2D eigenvalue weighted by Gasteiger charge is 2.39. The first kappa shape index (κ1) is 18.3. The summed E-state index contributed by atoms with van der Waals surface area (Å²) < 4.78 is 0. The van der Waals surface area contributed by atoms with Gasteiger partial charge in [0.05, 0.1) is 10.4 Å². The summed E-state index contributed by atoms with van der Waals surface area (Å²) in [6.07, 6.45) is 4.21. The van der Waals surface area contributed by atoms with Crippen LogP contribution in [0.5, 0.6) is 0 Å². The molecule has 19 heavy (non-hydrogen) atoms. The molecular weight excluding hydrogens is 258 g/mol. The largest absolute Gasteiger partial charge is 0.392 e. The van der Waals surface area contributed by atoms with E-state index in [4.69, 9.17) is 18.0 Å². The topological polar surface area (TPSA) is 58.4 Å². The number of nitrogens with one attached hydrogen (secondary N) is 1. The third-order valence-electron chi connectivity index (χ3n) is 3.33. The summed E-state index contributed by atoms with van der Waals surface area (Å²) in [6.45, 7) is 5.75. The molecule has 1 amide bonds. The molecule has 0 atom stereocenters. The van der Waals surface area contributed by atoms with Gasteiger partial charge in [-0.25, -0.2) is 0 Å². The van der Waals surface area contributed by atoms with Crippen LogP contribution in [0.2, 0.25) is 0 Å². The van der Waals surface area contributed by atoms with Crippen LogP contribution >= 0.6 is 12.2 Å². The minimum Gasteiger partial charge on any atom is -0.392 e. The lowest BCUT2D eigenvalue weighted by Crippen LogP contribution is -2.49. The van der Waals surface area contributed by atoms with Crippen LogP contribution in [-0.2, 0) is 4.79 Å². The van der Waals surface area contributed by atoms with Crippen molar-refractivity contribution in [1.82, 2.24) is 10.2 Å². The number of rotatable bonds is 10. The Labute approximate surface area is 123 Å². The first-order valence-corrected chi connectivity index (χ1v) is 7.54. The third kappa shape index (κ3) is 5.87. The summed E-state index contributed by atoms with van der Waals surface area (Å²) in [4.78, 5) is 14.9. The maximum absolute atomic E-state index is 12.4. The summed E-state index contributed by atoms with van der Waals surface area (Å²) in [5.74, 6) is 0.00227. The van der Waals surface area contributed by atoms with Gasteiger partial charge in [-0.15, -0.1) is 0 Å². The number of nitrogens with zero attached hydrogens (tertiary/aromatic N) is 1. The molecule has 0 saturated carbocycles. The first-order chi connectivity index (χ1) is 8.90. The van der Waals surface area contributed by atoms with Gasteiger partial charge in [-0.05, 0) is 39.9 Å². The van der Waals surface area contributed by atoms with E-state index in [1.54, 1.807) is 0 Å². The van der Waals surface area contributed by atoms with Crippen molar-refractivity contribution >= 4 is 23.1 Å². The van der Waals surface area contributed by atoms with E-state index in [0.29, 0.717) is 11.5 Å². The smallest absolute Gasteiger partial charge is 0.233 e. The molecule has 0 aliphatic carbocycles. The van der Waals surface area contributed by atoms with Gasteiger partial charge in [0.15, 0.2) is 0 Å². The molecule has 0 aromatic carbocycles. The lowest BCUT2D eigenvalue weighted by Gasteiger charge is -2.31. The number of nitrogens with two attached hydrogens (primary N) is 1. The zero-order valence-corrected chi connectivity index (χ0v) is 13.6. The molecule has 0 aliphatic rings. The van der Waals surface area contributed by atoms with Crippen LogP contribution in [0.3, 0.4) is 0 Å². The monoisotopic (exact) mass is 287 g/mol. The first-order valence-electron chi connectivity index (χ1n) is 7.13. The second-order valence-corrected chi connectivity index (χ2v) is 5.80. The van der Waals surface area contributed by atoms with Crippen LogP contribution in [0.4, 0.5) is 0 Å². The molecule has 0 aliphatic heterocycles. The Kier molecular flexibility index (Phi) is 8.93. The average Bonchev–Trinajstić information content (AvgIpc) is 2.33. The summed E-state index contributed by atoms with van der Waals surface area (Å²) in [7, 11) is 4.05. The van der Waals surface area contributed by atoms with Crippen LogP contribution in [-0.4, -0.2) is 43.0 Å². The normalized spacial score (nSPS) is 11.6. The van der Waals surface area contributed by atoms with Gasteiger partial charge in [-0.3, -0.25) is 4.79 Å². The van der Waals surface area contributed by atoms with E-state index in [0.717, 1.165) is 38.6 Å². The van der Waals surface area contributed by atoms with E-state index >= 15 is 0 Å². The van der Waals surface area contributed by atoms with Gasteiger partial charge < -0.3 is 16.0 Å². The highest BCUT2D eigenvalue weighted by atomic mass is 32.1. The molecule has 0 heterocycles. The Bertz CT molecular complexity index is 286. The van der Waals surface area contributed by atoms with E-state index in [9.17, 15) is 4.79 Å². The molecule has 0 unspecified atom stereocenters. The molecule has 0 spiro atoms. The second kappa shape index (κ2) is 9.26. The molecule has 0 bridgehead atoms. The van der Waals surface area contributed by atoms with Crippen molar-refractivity contribution in [2.24, 2.45) is 11.1 Å². The third-order valence-corrected chi connectivity index (χ3v) is 3.72. The van der Waals surface area contributed by atoms with Gasteiger partial charge in [0, 0.05) is 6.54 Å². The van der Waals surface area contributed by atoms with Crippen molar-refractivity contribution in [3.63, 3.8) is 0 Å². The second-order valence-electron chi connectivity index (χ2n) is 5.36. The van der Waals surface area contributed by atoms with Crippen molar-refractivity contribution in [3.05, 3.63) is 0 Å². The van der Waals surface area contributed by atoms with E-state index in [1.165, 1.54) is 0 Å². The molecule has 4 nitrogen and oxygen atoms in total. The summed E-state index contributed by atoms with van der Waals surface area (Å²) in [5, 5.41) is 3.00. The Morgan fingerprint density at radius 1 is 1.26 bits per heavy atom. The molecule has 0 fully saturated rings. The fourth-order valence-corrected chi connectivity index (χ4v) is 2.63. The van der Waals surface area contributed by atoms with Crippen LogP contribution in [0.15, 0.2) is 0 Å². The van der Waals surface area contributed by atoms with Gasteiger partial charge in [-0.2, -0.15) is 0 Å². The quantitative estimate of drug-likeness (QED) is 0.476. The van der Waals surface area contributed by atoms with Crippen LogP contribution in [0.1, 0.15) is 46.0 Å². The maximum Gasteiger partial charge on any atom is 0.233 e.